The molecule has 5 heteroatoms. The number of hydrogen-bond donors (Lipinski definition) is 2. The minimum Gasteiger partial charge on any atom is -0.325 e. The first kappa shape index (κ1) is 20.8. The Labute approximate surface area is 186 Å². The second-order valence-corrected chi connectivity index (χ2v) is 7.65. The molecule has 1 unspecified atom stereocenters. The van der Waals surface area contributed by atoms with Crippen molar-refractivity contribution in [2.45, 2.75) is 12.0 Å². The van der Waals surface area contributed by atoms with E-state index < -0.39 is 6.04 Å². The standard InChI is InChI=1S/C26H22ClN3O/c27-23-17-29-16-15-22(23)18-11-13-21(14-12-18)30-26(31)25(28)24(19-7-3-1-4-8-19)20-9-5-2-6-10-20/h1-17,24-25H,28H2,(H,30,31). The summed E-state index contributed by atoms with van der Waals surface area (Å²) in [5, 5.41) is 3.52. The molecule has 0 aliphatic rings. The molecule has 0 fully saturated rings. The van der Waals surface area contributed by atoms with Crippen LogP contribution in [-0.4, -0.2) is 16.9 Å². The Kier molecular flexibility index (Phi) is 6.41. The molecule has 0 aliphatic carbocycles. The Hall–Kier alpha value is -3.47. The van der Waals surface area contributed by atoms with Crippen LogP contribution >= 0.6 is 11.6 Å². The summed E-state index contributed by atoms with van der Waals surface area (Å²) in [6.45, 7) is 0. The Bertz CT molecular complexity index is 1110. The van der Waals surface area contributed by atoms with Gasteiger partial charge in [-0.2, -0.15) is 0 Å². The Morgan fingerprint density at radius 2 is 1.42 bits per heavy atom. The molecule has 1 atom stereocenters. The van der Waals surface area contributed by atoms with Gasteiger partial charge in [0.2, 0.25) is 5.91 Å². The lowest BCUT2D eigenvalue weighted by Gasteiger charge is -2.24. The maximum Gasteiger partial charge on any atom is 0.242 e. The van der Waals surface area contributed by atoms with Crippen molar-refractivity contribution >= 4 is 23.2 Å². The van der Waals surface area contributed by atoms with Crippen molar-refractivity contribution in [3.63, 3.8) is 0 Å². The van der Waals surface area contributed by atoms with Crippen LogP contribution in [0.15, 0.2) is 103 Å². The molecule has 0 saturated carbocycles. The highest BCUT2D eigenvalue weighted by molar-refractivity contribution is 6.33. The summed E-state index contributed by atoms with van der Waals surface area (Å²) in [6.07, 6.45) is 3.31. The van der Waals surface area contributed by atoms with Crippen molar-refractivity contribution in [3.8, 4) is 11.1 Å². The van der Waals surface area contributed by atoms with E-state index in [1.54, 1.807) is 12.4 Å². The second-order valence-electron chi connectivity index (χ2n) is 7.25. The molecule has 31 heavy (non-hydrogen) atoms. The van der Waals surface area contributed by atoms with Crippen LogP contribution in [0.1, 0.15) is 17.0 Å². The van der Waals surface area contributed by atoms with Crippen LogP contribution in [-0.2, 0) is 4.79 Å². The zero-order valence-electron chi connectivity index (χ0n) is 16.8. The van der Waals surface area contributed by atoms with E-state index in [1.165, 1.54) is 0 Å². The van der Waals surface area contributed by atoms with Gasteiger partial charge in [0, 0.05) is 29.6 Å². The van der Waals surface area contributed by atoms with E-state index >= 15 is 0 Å². The number of nitrogens with two attached hydrogens (primary N) is 1. The Morgan fingerprint density at radius 3 is 1.97 bits per heavy atom. The Balaban J connectivity index is 1.55. The predicted molar refractivity (Wildman–Crippen MR) is 126 cm³/mol. The van der Waals surface area contributed by atoms with E-state index in [0.29, 0.717) is 10.7 Å². The fraction of sp³-hybridized carbons (Fsp3) is 0.0769. The average molecular weight is 428 g/mol. The third-order valence-electron chi connectivity index (χ3n) is 5.22. The van der Waals surface area contributed by atoms with E-state index in [0.717, 1.165) is 22.3 Å². The van der Waals surface area contributed by atoms with E-state index in [9.17, 15) is 4.79 Å². The van der Waals surface area contributed by atoms with Crippen LogP contribution in [0.2, 0.25) is 5.02 Å². The van der Waals surface area contributed by atoms with Crippen molar-refractivity contribution < 1.29 is 4.79 Å². The van der Waals surface area contributed by atoms with Crippen LogP contribution in [0.5, 0.6) is 0 Å². The number of anilines is 1. The number of carbonyl (C=O) groups excluding carboxylic acids is 1. The van der Waals surface area contributed by atoms with Crippen LogP contribution in [0, 0.1) is 0 Å². The number of pyridine rings is 1. The Morgan fingerprint density at radius 1 is 0.839 bits per heavy atom. The maximum absolute atomic E-state index is 13.0. The summed E-state index contributed by atoms with van der Waals surface area (Å²) < 4.78 is 0. The normalized spacial score (nSPS) is 11.8. The zero-order valence-corrected chi connectivity index (χ0v) is 17.5. The van der Waals surface area contributed by atoms with Crippen molar-refractivity contribution in [1.82, 2.24) is 4.98 Å². The number of carbonyl (C=O) groups is 1. The number of aromatic nitrogens is 1. The monoisotopic (exact) mass is 427 g/mol. The first-order valence-electron chi connectivity index (χ1n) is 10.00. The smallest absolute Gasteiger partial charge is 0.242 e. The molecule has 0 radical (unpaired) electrons. The van der Waals surface area contributed by atoms with Crippen molar-refractivity contribution in [1.29, 1.82) is 0 Å². The fourth-order valence-corrected chi connectivity index (χ4v) is 3.88. The third-order valence-corrected chi connectivity index (χ3v) is 5.52. The van der Waals surface area contributed by atoms with Gasteiger partial charge >= 0.3 is 0 Å². The van der Waals surface area contributed by atoms with E-state index in [4.69, 9.17) is 17.3 Å². The van der Waals surface area contributed by atoms with E-state index in [1.807, 2.05) is 91.0 Å². The molecular formula is C26H22ClN3O. The largest absolute Gasteiger partial charge is 0.325 e. The number of halogens is 1. The predicted octanol–water partition coefficient (Wildman–Crippen LogP) is 5.50. The van der Waals surface area contributed by atoms with Gasteiger partial charge < -0.3 is 11.1 Å². The molecule has 3 N–H and O–H groups in total. The maximum atomic E-state index is 13.0. The number of nitrogens with one attached hydrogen (secondary N) is 1. The SMILES string of the molecule is NC(C(=O)Nc1ccc(-c2ccncc2Cl)cc1)C(c1ccccc1)c1ccccc1. The lowest BCUT2D eigenvalue weighted by Crippen LogP contribution is -2.41. The number of rotatable bonds is 6. The first-order valence-corrected chi connectivity index (χ1v) is 10.4. The van der Waals surface area contributed by atoms with Crippen LogP contribution in [0.3, 0.4) is 0 Å². The van der Waals surface area contributed by atoms with Gasteiger partial charge in [-0.1, -0.05) is 84.4 Å². The summed E-state index contributed by atoms with van der Waals surface area (Å²) >= 11 is 6.23. The van der Waals surface area contributed by atoms with Crippen molar-refractivity contribution in [2.24, 2.45) is 5.73 Å². The highest BCUT2D eigenvalue weighted by atomic mass is 35.5. The van der Waals surface area contributed by atoms with Gasteiger partial charge in [0.15, 0.2) is 0 Å². The third kappa shape index (κ3) is 4.82. The highest BCUT2D eigenvalue weighted by Gasteiger charge is 2.27. The highest BCUT2D eigenvalue weighted by Crippen LogP contribution is 2.29. The summed E-state index contributed by atoms with van der Waals surface area (Å²) in [5.41, 5.74) is 11.0. The topological polar surface area (TPSA) is 68.0 Å². The number of hydrogen-bond acceptors (Lipinski definition) is 3. The van der Waals surface area contributed by atoms with Crippen LogP contribution in [0.25, 0.3) is 11.1 Å². The summed E-state index contributed by atoms with van der Waals surface area (Å²) in [6, 6.07) is 28.3. The fourth-order valence-electron chi connectivity index (χ4n) is 3.65. The second kappa shape index (κ2) is 9.56. The number of nitrogens with zero attached hydrogens (tertiary/aromatic N) is 1. The number of benzene rings is 3. The van der Waals surface area contributed by atoms with E-state index in [2.05, 4.69) is 10.3 Å². The molecule has 1 heterocycles. The molecule has 1 amide bonds. The zero-order chi connectivity index (χ0) is 21.6. The van der Waals surface area contributed by atoms with Crippen molar-refractivity contribution in [2.75, 3.05) is 5.32 Å². The van der Waals surface area contributed by atoms with Crippen molar-refractivity contribution in [3.05, 3.63) is 120 Å². The van der Waals surface area contributed by atoms with Gasteiger partial charge in [-0.05, 0) is 34.9 Å². The lowest BCUT2D eigenvalue weighted by molar-refractivity contribution is -0.117. The molecule has 0 saturated heterocycles. The first-order chi connectivity index (χ1) is 15.1. The van der Waals surface area contributed by atoms with Gasteiger partial charge in [-0.3, -0.25) is 9.78 Å². The molecule has 4 nitrogen and oxygen atoms in total. The summed E-state index contributed by atoms with van der Waals surface area (Å²) in [5.74, 6) is -0.496. The molecule has 0 spiro atoms. The van der Waals surface area contributed by atoms with Gasteiger partial charge in [-0.25, -0.2) is 0 Å². The van der Waals surface area contributed by atoms with Crippen LogP contribution in [0.4, 0.5) is 5.69 Å². The lowest BCUT2D eigenvalue weighted by atomic mass is 9.85. The van der Waals surface area contributed by atoms with Crippen LogP contribution < -0.4 is 11.1 Å². The summed E-state index contributed by atoms with van der Waals surface area (Å²) in [4.78, 5) is 17.1. The van der Waals surface area contributed by atoms with E-state index in [-0.39, 0.29) is 11.8 Å². The molecule has 4 rings (SSSR count). The molecule has 0 aliphatic heterocycles. The van der Waals surface area contributed by atoms with Gasteiger partial charge in [0.25, 0.3) is 0 Å². The average Bonchev–Trinajstić information content (AvgIpc) is 2.81. The number of amides is 1. The minimum absolute atomic E-state index is 0.243. The van der Waals surface area contributed by atoms with Gasteiger partial charge in [-0.15, -0.1) is 0 Å². The molecule has 154 valence electrons. The molecule has 1 aromatic heterocycles. The summed E-state index contributed by atoms with van der Waals surface area (Å²) in [7, 11) is 0. The molecular weight excluding hydrogens is 406 g/mol. The molecule has 3 aromatic carbocycles. The van der Waals surface area contributed by atoms with Gasteiger partial charge in [0.1, 0.15) is 0 Å². The quantitative estimate of drug-likeness (QED) is 0.427. The molecule has 4 aromatic rings. The molecule has 0 bridgehead atoms. The van der Waals surface area contributed by atoms with Gasteiger partial charge in [0.05, 0.1) is 11.1 Å². The minimum atomic E-state index is -0.751.